The molecule has 27 heavy (non-hydrogen) atoms. The fourth-order valence-corrected chi connectivity index (χ4v) is 3.91. The average molecular weight is 365 g/mol. The van der Waals surface area contributed by atoms with Gasteiger partial charge in [-0.1, -0.05) is 37.3 Å². The van der Waals surface area contributed by atoms with Gasteiger partial charge in [0.25, 0.3) is 0 Å². The van der Waals surface area contributed by atoms with E-state index in [2.05, 4.69) is 17.1 Å². The molecule has 2 heterocycles. The highest BCUT2D eigenvalue weighted by Gasteiger charge is 2.41. The Morgan fingerprint density at radius 3 is 2.52 bits per heavy atom. The number of primary amides is 1. The van der Waals surface area contributed by atoms with E-state index in [0.717, 1.165) is 23.1 Å². The number of piperidine rings is 1. The first-order valence-corrected chi connectivity index (χ1v) is 9.62. The number of benzene rings is 1. The molecule has 0 radical (unpaired) electrons. The summed E-state index contributed by atoms with van der Waals surface area (Å²) in [5.41, 5.74) is 8.46. The van der Waals surface area contributed by atoms with Crippen molar-refractivity contribution in [3.63, 3.8) is 0 Å². The van der Waals surface area contributed by atoms with E-state index in [9.17, 15) is 9.59 Å². The Kier molecular flexibility index (Phi) is 5.89. The van der Waals surface area contributed by atoms with E-state index in [4.69, 9.17) is 5.73 Å². The Bertz CT molecular complexity index is 796. The Hall–Kier alpha value is -2.69. The molecule has 5 nitrogen and oxygen atoms in total. The number of hydrogen-bond acceptors (Lipinski definition) is 3. The van der Waals surface area contributed by atoms with Crippen molar-refractivity contribution in [2.24, 2.45) is 11.1 Å². The van der Waals surface area contributed by atoms with Crippen LogP contribution in [0.5, 0.6) is 0 Å². The first-order valence-electron chi connectivity index (χ1n) is 9.62. The molecule has 0 aliphatic carbocycles. The Morgan fingerprint density at radius 1 is 1.15 bits per heavy atom. The minimum atomic E-state index is -0.610. The Morgan fingerprint density at radius 2 is 1.89 bits per heavy atom. The molecule has 1 aliphatic rings. The molecule has 1 aromatic carbocycles. The third kappa shape index (κ3) is 4.18. The predicted octanol–water partition coefficient (Wildman–Crippen LogP) is 3.19. The molecule has 1 aromatic heterocycles. The van der Waals surface area contributed by atoms with E-state index >= 15 is 0 Å². The summed E-state index contributed by atoms with van der Waals surface area (Å²) in [7, 11) is 0. The minimum Gasteiger partial charge on any atom is -0.369 e. The third-order valence-electron chi connectivity index (χ3n) is 5.58. The van der Waals surface area contributed by atoms with Crippen LogP contribution in [-0.2, 0) is 16.0 Å². The first kappa shape index (κ1) is 19.1. The summed E-state index contributed by atoms with van der Waals surface area (Å²) in [6, 6.07) is 12.0. The highest BCUT2D eigenvalue weighted by molar-refractivity contribution is 5.83. The van der Waals surface area contributed by atoms with Gasteiger partial charge in [0.15, 0.2) is 0 Å². The molecule has 1 fully saturated rings. The minimum absolute atomic E-state index is 0.173. The van der Waals surface area contributed by atoms with Crippen LogP contribution in [0.3, 0.4) is 0 Å². The van der Waals surface area contributed by atoms with Crippen molar-refractivity contribution in [1.29, 1.82) is 0 Å². The monoisotopic (exact) mass is 365 g/mol. The lowest BCUT2D eigenvalue weighted by molar-refractivity contribution is -0.139. The number of carbonyl (C=O) groups is 2. The molecule has 0 unspecified atom stereocenters. The van der Waals surface area contributed by atoms with Gasteiger partial charge in [0.2, 0.25) is 11.8 Å². The van der Waals surface area contributed by atoms with Crippen LogP contribution >= 0.6 is 0 Å². The van der Waals surface area contributed by atoms with Crippen molar-refractivity contribution in [2.75, 3.05) is 13.1 Å². The fraction of sp³-hybridized carbons (Fsp3) is 0.409. The molecule has 3 rings (SSSR count). The van der Waals surface area contributed by atoms with Gasteiger partial charge in [0.1, 0.15) is 0 Å². The maximum absolute atomic E-state index is 12.4. The summed E-state index contributed by atoms with van der Waals surface area (Å²) in [6.45, 7) is 3.19. The predicted molar refractivity (Wildman–Crippen MR) is 106 cm³/mol. The molecule has 0 saturated carbocycles. The first-order chi connectivity index (χ1) is 13.1. The summed E-state index contributed by atoms with van der Waals surface area (Å²) in [4.78, 5) is 30.7. The van der Waals surface area contributed by atoms with Crippen LogP contribution in [0.15, 0.2) is 48.8 Å². The van der Waals surface area contributed by atoms with Gasteiger partial charge in [-0.2, -0.15) is 0 Å². The second kappa shape index (κ2) is 8.33. The van der Waals surface area contributed by atoms with Gasteiger partial charge in [-0.25, -0.2) is 0 Å². The summed E-state index contributed by atoms with van der Waals surface area (Å²) in [5.74, 6) is -0.0996. The summed E-state index contributed by atoms with van der Waals surface area (Å²) in [5, 5.41) is 0. The van der Waals surface area contributed by atoms with E-state index < -0.39 is 5.41 Å². The van der Waals surface area contributed by atoms with Crippen molar-refractivity contribution in [3.05, 3.63) is 54.4 Å². The molecule has 2 amide bonds. The molecule has 0 bridgehead atoms. The van der Waals surface area contributed by atoms with Crippen LogP contribution in [0, 0.1) is 5.41 Å². The van der Waals surface area contributed by atoms with Crippen molar-refractivity contribution in [1.82, 2.24) is 9.88 Å². The van der Waals surface area contributed by atoms with Gasteiger partial charge in [0.05, 0.1) is 5.41 Å². The van der Waals surface area contributed by atoms with Gasteiger partial charge >= 0.3 is 0 Å². The number of aromatic nitrogens is 1. The van der Waals surface area contributed by atoms with Gasteiger partial charge in [0, 0.05) is 37.5 Å². The van der Waals surface area contributed by atoms with Gasteiger partial charge in [-0.3, -0.25) is 14.6 Å². The van der Waals surface area contributed by atoms with E-state index in [0.29, 0.717) is 38.8 Å². The fourth-order valence-electron chi connectivity index (χ4n) is 3.91. The lowest BCUT2D eigenvalue weighted by Gasteiger charge is -2.40. The third-order valence-corrected chi connectivity index (χ3v) is 5.58. The van der Waals surface area contributed by atoms with Crippen molar-refractivity contribution in [2.45, 2.75) is 39.0 Å². The van der Waals surface area contributed by atoms with Crippen molar-refractivity contribution in [3.8, 4) is 11.1 Å². The normalized spacial score (nSPS) is 16.1. The van der Waals surface area contributed by atoms with Crippen LogP contribution < -0.4 is 5.73 Å². The lowest BCUT2D eigenvalue weighted by atomic mass is 9.72. The summed E-state index contributed by atoms with van der Waals surface area (Å²) in [6.07, 6.45) is 6.80. The van der Waals surface area contributed by atoms with E-state index in [-0.39, 0.29) is 11.8 Å². The van der Waals surface area contributed by atoms with Gasteiger partial charge < -0.3 is 10.6 Å². The lowest BCUT2D eigenvalue weighted by Crippen LogP contribution is -2.49. The van der Waals surface area contributed by atoms with E-state index in [1.807, 2.05) is 42.3 Å². The van der Waals surface area contributed by atoms with Crippen molar-refractivity contribution >= 4 is 11.8 Å². The molecule has 2 aromatic rings. The molecule has 0 spiro atoms. The van der Waals surface area contributed by atoms with Crippen LogP contribution in [0.25, 0.3) is 11.1 Å². The molecular formula is C22H27N3O2. The number of hydrogen-bond donors (Lipinski definition) is 1. The Labute approximate surface area is 160 Å². The highest BCUT2D eigenvalue weighted by atomic mass is 16.2. The molecule has 5 heteroatoms. The number of carbonyl (C=O) groups excluding carboxylic acids is 2. The summed E-state index contributed by atoms with van der Waals surface area (Å²) < 4.78 is 0. The number of nitrogens with zero attached hydrogens (tertiary/aromatic N) is 2. The summed E-state index contributed by atoms with van der Waals surface area (Å²) >= 11 is 0. The van der Waals surface area contributed by atoms with Crippen LogP contribution in [0.4, 0.5) is 0 Å². The zero-order chi connectivity index (χ0) is 19.3. The Balaban J connectivity index is 1.83. The van der Waals surface area contributed by atoms with Crippen molar-refractivity contribution < 1.29 is 9.59 Å². The van der Waals surface area contributed by atoms with Crippen LogP contribution in [-0.4, -0.2) is 34.8 Å². The van der Waals surface area contributed by atoms with E-state index in [1.54, 1.807) is 6.20 Å². The quantitative estimate of drug-likeness (QED) is 0.854. The number of pyridine rings is 1. The second-order valence-electron chi connectivity index (χ2n) is 7.35. The second-order valence-corrected chi connectivity index (χ2v) is 7.35. The smallest absolute Gasteiger partial charge is 0.224 e. The standard InChI is InChI=1S/C22H27N3O2/c1-2-6-20(26)25-13-10-22(11-14-25,21(23)27)15-17-7-3-4-9-19(17)18-8-5-12-24-16-18/h3-5,7-9,12,16H,2,6,10-11,13-15H2,1H3,(H2,23,27). The number of amides is 2. The average Bonchev–Trinajstić information content (AvgIpc) is 2.69. The van der Waals surface area contributed by atoms with Crippen LogP contribution in [0.2, 0.25) is 0 Å². The molecule has 1 aliphatic heterocycles. The molecule has 0 atom stereocenters. The number of nitrogens with two attached hydrogens (primary N) is 1. The molecule has 142 valence electrons. The SMILES string of the molecule is CCCC(=O)N1CCC(Cc2ccccc2-c2cccnc2)(C(N)=O)CC1. The topological polar surface area (TPSA) is 76.3 Å². The zero-order valence-corrected chi connectivity index (χ0v) is 15.9. The van der Waals surface area contributed by atoms with Gasteiger partial charge in [-0.05, 0) is 42.9 Å². The highest BCUT2D eigenvalue weighted by Crippen LogP contribution is 2.37. The molecular weight excluding hydrogens is 338 g/mol. The van der Waals surface area contributed by atoms with E-state index in [1.165, 1.54) is 0 Å². The number of rotatable bonds is 6. The molecule has 2 N–H and O–H groups in total. The zero-order valence-electron chi connectivity index (χ0n) is 15.9. The maximum Gasteiger partial charge on any atom is 0.224 e. The molecule has 1 saturated heterocycles. The largest absolute Gasteiger partial charge is 0.369 e. The van der Waals surface area contributed by atoms with Crippen LogP contribution in [0.1, 0.15) is 38.2 Å². The van der Waals surface area contributed by atoms with Gasteiger partial charge in [-0.15, -0.1) is 0 Å². The number of likely N-dealkylation sites (tertiary alicyclic amines) is 1. The maximum atomic E-state index is 12.4.